The minimum Gasteiger partial charge on any atom is -0.456 e. The number of nitrogens with zero attached hydrogens (tertiary/aromatic N) is 4. The molecule has 3 aromatic heterocycles. The van der Waals surface area contributed by atoms with E-state index >= 15 is 0 Å². The fourth-order valence-corrected chi connectivity index (χ4v) is 12.7. The summed E-state index contributed by atoms with van der Waals surface area (Å²) < 4.78 is 11.8. The molecule has 15 aromatic rings. The molecule has 0 bridgehead atoms. The van der Waals surface area contributed by atoms with E-state index in [0.29, 0.717) is 0 Å². The monoisotopic (exact) mass is 1020 g/mol. The first kappa shape index (κ1) is 45.3. The molecule has 78 heavy (non-hydrogen) atoms. The Labute approximate surface area is 455 Å². The van der Waals surface area contributed by atoms with Gasteiger partial charge in [-0.05, 0) is 151 Å². The zero-order chi connectivity index (χ0) is 51.5. The van der Waals surface area contributed by atoms with Crippen molar-refractivity contribution in [2.24, 2.45) is 0 Å². The van der Waals surface area contributed by atoms with Crippen molar-refractivity contribution in [1.29, 1.82) is 0 Å². The molecule has 0 aliphatic rings. The normalized spacial score (nSPS) is 11.6. The molecule has 12 aromatic carbocycles. The van der Waals surface area contributed by atoms with Crippen molar-refractivity contribution in [3.63, 3.8) is 0 Å². The quantitative estimate of drug-likeness (QED) is 0.129. The van der Waals surface area contributed by atoms with Crippen LogP contribution in [0.2, 0.25) is 0 Å². The van der Waals surface area contributed by atoms with Gasteiger partial charge in [0, 0.05) is 105 Å². The van der Waals surface area contributed by atoms with E-state index in [1.807, 2.05) is 11.3 Å². The molecule has 3 heterocycles. The van der Waals surface area contributed by atoms with Gasteiger partial charge < -0.3 is 23.7 Å². The maximum Gasteiger partial charge on any atom is 0.137 e. The van der Waals surface area contributed by atoms with Gasteiger partial charge in [-0.15, -0.1) is 11.3 Å². The highest BCUT2D eigenvalue weighted by molar-refractivity contribution is 7.25. The number of anilines is 9. The summed E-state index contributed by atoms with van der Waals surface area (Å²) in [7, 11) is 0. The topological polar surface area (TPSA) is 27.8 Å². The van der Waals surface area contributed by atoms with Crippen molar-refractivity contribution in [2.75, 3.05) is 14.7 Å². The number of hydrogen-bond acceptors (Lipinski definition) is 5. The molecule has 15 rings (SSSR count). The van der Waals surface area contributed by atoms with Gasteiger partial charge in [-0.3, -0.25) is 0 Å². The zero-order valence-electron chi connectivity index (χ0n) is 42.3. The number of furan rings is 1. The first-order valence-electron chi connectivity index (χ1n) is 26.4. The van der Waals surface area contributed by atoms with Gasteiger partial charge in [0.2, 0.25) is 0 Å². The second-order valence-electron chi connectivity index (χ2n) is 19.7. The fraction of sp³-hybridized carbons (Fsp3) is 0. The fourth-order valence-electron chi connectivity index (χ4n) is 11.6. The van der Waals surface area contributed by atoms with Gasteiger partial charge in [0.25, 0.3) is 0 Å². The summed E-state index contributed by atoms with van der Waals surface area (Å²) in [6.45, 7) is 0. The summed E-state index contributed by atoms with van der Waals surface area (Å²) in [6.07, 6.45) is 0. The van der Waals surface area contributed by atoms with E-state index in [0.717, 1.165) is 95.5 Å². The van der Waals surface area contributed by atoms with Gasteiger partial charge in [0.15, 0.2) is 0 Å². The Morgan fingerprint density at radius 2 is 0.731 bits per heavy atom. The van der Waals surface area contributed by atoms with Crippen LogP contribution in [0.5, 0.6) is 0 Å². The van der Waals surface area contributed by atoms with Crippen LogP contribution in [0.3, 0.4) is 0 Å². The summed E-state index contributed by atoms with van der Waals surface area (Å²) in [6, 6.07) is 105. The van der Waals surface area contributed by atoms with Gasteiger partial charge >= 0.3 is 0 Å². The van der Waals surface area contributed by atoms with Gasteiger partial charge in [-0.1, -0.05) is 146 Å². The summed E-state index contributed by atoms with van der Waals surface area (Å²) in [4.78, 5) is 7.09. The number of thiophene rings is 1. The lowest BCUT2D eigenvalue weighted by Crippen LogP contribution is -2.13. The van der Waals surface area contributed by atoms with Gasteiger partial charge in [0.1, 0.15) is 11.2 Å². The van der Waals surface area contributed by atoms with E-state index < -0.39 is 0 Å². The number of rotatable bonds is 11. The Hall–Kier alpha value is -10.1. The van der Waals surface area contributed by atoms with Crippen LogP contribution >= 0.6 is 11.3 Å². The highest BCUT2D eigenvalue weighted by Crippen LogP contribution is 2.47. The van der Waals surface area contributed by atoms with Crippen molar-refractivity contribution in [2.45, 2.75) is 0 Å². The average molecular weight is 1020 g/mol. The van der Waals surface area contributed by atoms with Crippen molar-refractivity contribution in [3.8, 4) is 16.8 Å². The lowest BCUT2D eigenvalue weighted by atomic mass is 9.99. The molecule has 0 N–H and O–H groups in total. The van der Waals surface area contributed by atoms with Crippen LogP contribution in [0.15, 0.2) is 296 Å². The molecule has 0 fully saturated rings. The van der Waals surface area contributed by atoms with Crippen LogP contribution in [0.4, 0.5) is 51.2 Å². The Kier molecular flexibility index (Phi) is 11.0. The number of fused-ring (bicyclic) bond motifs is 9. The first-order chi connectivity index (χ1) is 38.7. The SMILES string of the molecule is c1ccc(N(c2ccccc2)c2cc(-c3ccc4oc5cc(N(c6ccccc6)c6ccc7c8ccccc8n(-c8ccccc8)c7c6)ccc5c4c3)cc(N(c3ccccc3)c3ccc4c(c3)sc3ccccc34)c2)cc1. The Balaban J connectivity index is 0.890. The van der Waals surface area contributed by atoms with E-state index in [1.165, 1.54) is 36.5 Å². The number of benzene rings is 12. The van der Waals surface area contributed by atoms with Crippen molar-refractivity contribution in [3.05, 3.63) is 291 Å². The summed E-state index contributed by atoms with van der Waals surface area (Å²) in [5.41, 5.74) is 16.7. The third-order valence-electron chi connectivity index (χ3n) is 15.1. The Bertz CT molecular complexity index is 4650. The first-order valence-corrected chi connectivity index (χ1v) is 27.2. The van der Waals surface area contributed by atoms with Crippen molar-refractivity contribution < 1.29 is 4.42 Å². The van der Waals surface area contributed by atoms with Gasteiger partial charge in [0.05, 0.1) is 11.0 Å². The summed E-state index contributed by atoms with van der Waals surface area (Å²) >= 11 is 1.84. The third kappa shape index (κ3) is 7.85. The lowest BCUT2D eigenvalue weighted by Gasteiger charge is -2.30. The van der Waals surface area contributed by atoms with E-state index in [9.17, 15) is 0 Å². The molecule has 0 radical (unpaired) electrons. The van der Waals surface area contributed by atoms with Crippen LogP contribution in [0, 0.1) is 0 Å². The van der Waals surface area contributed by atoms with Crippen molar-refractivity contribution in [1.82, 2.24) is 4.57 Å². The zero-order valence-corrected chi connectivity index (χ0v) is 43.1. The minimum absolute atomic E-state index is 0.820. The molecule has 5 nitrogen and oxygen atoms in total. The molecule has 0 saturated heterocycles. The molecule has 0 saturated carbocycles. The molecule has 0 aliphatic heterocycles. The smallest absolute Gasteiger partial charge is 0.137 e. The van der Waals surface area contributed by atoms with E-state index in [2.05, 4.69) is 310 Å². The lowest BCUT2D eigenvalue weighted by molar-refractivity contribution is 0.669. The number of para-hydroxylation sites is 6. The van der Waals surface area contributed by atoms with Crippen LogP contribution in [-0.4, -0.2) is 4.57 Å². The minimum atomic E-state index is 0.820. The molecular formula is C72H48N4OS. The maximum absolute atomic E-state index is 6.86. The largest absolute Gasteiger partial charge is 0.456 e. The highest BCUT2D eigenvalue weighted by Gasteiger charge is 2.23. The number of aromatic nitrogens is 1. The predicted octanol–water partition coefficient (Wildman–Crippen LogP) is 21.1. The van der Waals surface area contributed by atoms with E-state index in [1.54, 1.807) is 0 Å². The van der Waals surface area contributed by atoms with Gasteiger partial charge in [-0.2, -0.15) is 0 Å². The molecule has 0 spiro atoms. The Morgan fingerprint density at radius 1 is 0.256 bits per heavy atom. The summed E-state index contributed by atoms with van der Waals surface area (Å²) in [5, 5.41) is 7.10. The molecule has 0 unspecified atom stereocenters. The van der Waals surface area contributed by atoms with Crippen LogP contribution < -0.4 is 14.7 Å². The summed E-state index contributed by atoms with van der Waals surface area (Å²) in [5.74, 6) is 0. The van der Waals surface area contributed by atoms with E-state index in [4.69, 9.17) is 4.42 Å². The molecule has 0 atom stereocenters. The molecule has 0 amide bonds. The molecule has 0 aliphatic carbocycles. The average Bonchev–Trinajstić information content (AvgIpc) is 4.18. The standard InChI is InChI=1S/C72H48N4OS/c1-6-20-51(21-7-1)73(52-22-8-2-9-23-52)59-42-50(43-60(45-59)75(54-26-12-4-13-27-54)58-37-40-65-64-31-17-19-33-71(64)78-72(65)48-58)49-34-41-69-66(44-49)63-39-36-57(47-70(63)77-69)74(53-24-10-3-11-25-53)56-35-38-62-61-30-16-18-32-67(61)76(68(62)46-56)55-28-14-5-15-29-55/h1-48H. The predicted molar refractivity (Wildman–Crippen MR) is 330 cm³/mol. The maximum atomic E-state index is 6.86. The number of hydrogen-bond donors (Lipinski definition) is 0. The third-order valence-corrected chi connectivity index (χ3v) is 16.2. The van der Waals surface area contributed by atoms with Crippen molar-refractivity contribution >= 4 is 126 Å². The molecular weight excluding hydrogens is 969 g/mol. The van der Waals surface area contributed by atoms with Crippen LogP contribution in [0.25, 0.3) is 80.7 Å². The van der Waals surface area contributed by atoms with Crippen LogP contribution in [0.1, 0.15) is 0 Å². The van der Waals surface area contributed by atoms with Crippen LogP contribution in [-0.2, 0) is 0 Å². The van der Waals surface area contributed by atoms with E-state index in [-0.39, 0.29) is 0 Å². The second-order valence-corrected chi connectivity index (χ2v) is 20.8. The van der Waals surface area contributed by atoms with Gasteiger partial charge in [-0.25, -0.2) is 0 Å². The molecule has 368 valence electrons. The second kappa shape index (κ2) is 18.9. The highest BCUT2D eigenvalue weighted by atomic mass is 32.1. The Morgan fingerprint density at radius 3 is 1.37 bits per heavy atom. The molecule has 6 heteroatoms.